The van der Waals surface area contributed by atoms with Crippen LogP contribution in [0.3, 0.4) is 0 Å². The monoisotopic (exact) mass is 601 g/mol. The van der Waals surface area contributed by atoms with Crippen LogP contribution in [0.1, 0.15) is 16.7 Å². The van der Waals surface area contributed by atoms with E-state index >= 15 is 0 Å². The molecule has 0 bridgehead atoms. The first-order valence-corrected chi connectivity index (χ1v) is 16.1. The van der Waals surface area contributed by atoms with E-state index in [4.69, 9.17) is 4.99 Å². The topological polar surface area (TPSA) is 22.2 Å². The van der Waals surface area contributed by atoms with Gasteiger partial charge in [0.25, 0.3) is 0 Å². The first-order chi connectivity index (χ1) is 23.3. The molecule has 2 aliphatic carbocycles. The van der Waals surface area contributed by atoms with Crippen molar-refractivity contribution in [1.29, 1.82) is 0 Å². The fourth-order valence-electron chi connectivity index (χ4n) is 7.57. The third kappa shape index (κ3) is 4.18. The Morgan fingerprint density at radius 3 is 2.34 bits per heavy atom. The van der Waals surface area contributed by atoms with E-state index in [1.54, 1.807) is 0 Å². The summed E-state index contributed by atoms with van der Waals surface area (Å²) in [7, 11) is 0. The number of fused-ring (bicyclic) bond motifs is 12. The molecule has 2 aliphatic rings. The quantitative estimate of drug-likeness (QED) is 0.0985. The van der Waals surface area contributed by atoms with Gasteiger partial charge in [-0.15, -0.1) is 5.73 Å². The average Bonchev–Trinajstić information content (AvgIpc) is 3.90. The molecule has 0 unspecified atom stereocenters. The number of aromatic nitrogens is 2. The lowest BCUT2D eigenvalue weighted by atomic mass is 9.95. The van der Waals surface area contributed by atoms with Crippen molar-refractivity contribution < 1.29 is 0 Å². The molecule has 0 fully saturated rings. The summed E-state index contributed by atoms with van der Waals surface area (Å²) >= 11 is 0. The number of allylic oxidation sites excluding steroid dienone is 8. The highest BCUT2D eigenvalue weighted by molar-refractivity contribution is 6.33. The maximum Gasteiger partial charge on any atom is 0.0648 e. The summed E-state index contributed by atoms with van der Waals surface area (Å²) in [6, 6.07) is 37.0. The number of para-hydroxylation sites is 2. The Bertz CT molecular complexity index is 2610. The summed E-state index contributed by atoms with van der Waals surface area (Å²) < 4.78 is 4.89. The highest BCUT2D eigenvalue weighted by Crippen LogP contribution is 2.52. The van der Waals surface area contributed by atoms with Crippen molar-refractivity contribution in [3.63, 3.8) is 0 Å². The molecule has 47 heavy (non-hydrogen) atoms. The predicted octanol–water partition coefficient (Wildman–Crippen LogP) is 10.9. The van der Waals surface area contributed by atoms with E-state index in [0.29, 0.717) is 6.54 Å². The third-order valence-corrected chi connectivity index (χ3v) is 9.43. The van der Waals surface area contributed by atoms with Crippen LogP contribution >= 0.6 is 0 Å². The molecule has 0 N–H and O–H groups in total. The summed E-state index contributed by atoms with van der Waals surface area (Å²) in [5.41, 5.74) is 16.8. The van der Waals surface area contributed by atoms with Gasteiger partial charge in [0.15, 0.2) is 0 Å². The molecular weight excluding hydrogens is 571 g/mol. The SMILES string of the molecule is C=C/C=C\C=C(/C=NCc1ccccc1)n1c2ccccc2c2c3c(c4c(c5ccccc5n4C4=CC=C=C4)c21)Cc1ccccc1-3. The summed E-state index contributed by atoms with van der Waals surface area (Å²) in [5, 5.41) is 5.03. The lowest BCUT2D eigenvalue weighted by Crippen LogP contribution is -2.01. The van der Waals surface area contributed by atoms with Crippen LogP contribution in [0.25, 0.3) is 66.1 Å². The van der Waals surface area contributed by atoms with E-state index in [-0.39, 0.29) is 0 Å². The third-order valence-electron chi connectivity index (χ3n) is 9.43. The van der Waals surface area contributed by atoms with Gasteiger partial charge in [-0.2, -0.15) is 0 Å². The second kappa shape index (κ2) is 11.0. The minimum Gasteiger partial charge on any atom is -0.308 e. The molecule has 0 saturated carbocycles. The molecule has 0 amide bonds. The van der Waals surface area contributed by atoms with Crippen molar-refractivity contribution in [3.05, 3.63) is 175 Å². The molecule has 9 rings (SSSR count). The van der Waals surface area contributed by atoms with Crippen molar-refractivity contribution >= 4 is 61.2 Å². The number of hydrogen-bond donors (Lipinski definition) is 0. The number of rotatable bonds is 7. The van der Waals surface area contributed by atoms with Crippen molar-refractivity contribution in [2.24, 2.45) is 4.99 Å². The van der Waals surface area contributed by atoms with Crippen molar-refractivity contribution in [2.45, 2.75) is 13.0 Å². The average molecular weight is 602 g/mol. The Kier molecular flexibility index (Phi) is 6.38. The molecule has 0 atom stereocenters. The Hall–Kier alpha value is -6.15. The summed E-state index contributed by atoms with van der Waals surface area (Å²) in [4.78, 5) is 5.00. The van der Waals surface area contributed by atoms with E-state index in [1.807, 2.05) is 30.5 Å². The zero-order chi connectivity index (χ0) is 31.3. The molecule has 7 aromatic rings. The van der Waals surface area contributed by atoms with Crippen molar-refractivity contribution in [3.8, 4) is 11.1 Å². The number of nitrogens with zero attached hydrogens (tertiary/aromatic N) is 3. The second-order valence-electron chi connectivity index (χ2n) is 12.1. The second-order valence-corrected chi connectivity index (χ2v) is 12.1. The number of benzene rings is 5. The highest BCUT2D eigenvalue weighted by Gasteiger charge is 2.31. The Morgan fingerprint density at radius 1 is 0.787 bits per heavy atom. The molecule has 2 aromatic heterocycles. The first-order valence-electron chi connectivity index (χ1n) is 16.1. The van der Waals surface area contributed by atoms with Gasteiger partial charge in [0.2, 0.25) is 0 Å². The minimum atomic E-state index is 0.603. The molecule has 3 heteroatoms. The van der Waals surface area contributed by atoms with E-state index < -0.39 is 0 Å². The lowest BCUT2D eigenvalue weighted by molar-refractivity contribution is 1.08. The maximum absolute atomic E-state index is 5.00. The van der Waals surface area contributed by atoms with Gasteiger partial charge >= 0.3 is 0 Å². The van der Waals surface area contributed by atoms with Gasteiger partial charge in [-0.05, 0) is 58.2 Å². The van der Waals surface area contributed by atoms with Crippen LogP contribution in [0.4, 0.5) is 0 Å². The molecule has 222 valence electrons. The van der Waals surface area contributed by atoms with Crippen LogP contribution in [0.2, 0.25) is 0 Å². The van der Waals surface area contributed by atoms with E-state index in [2.05, 4.69) is 143 Å². The Balaban J connectivity index is 1.47. The standard InChI is InChI=1S/C44H31N3/c1-2-3-5-21-33(29-45-28-30-16-6-4-7-17-30)47-38-25-14-12-23-35(38)41-40-34-22-11-8-18-31(34)27-37(40)43-42(44(41)47)36-24-13-15-26-39(36)46(43)32-19-9-10-20-32/h2-9,11-26,29H,1,27-28H2/b5-3-,33-21+,45-29?. The zero-order valence-electron chi connectivity index (χ0n) is 25.9. The van der Waals surface area contributed by atoms with Gasteiger partial charge in [0, 0.05) is 40.3 Å². The molecule has 0 radical (unpaired) electrons. The van der Waals surface area contributed by atoms with Crippen molar-refractivity contribution in [2.75, 3.05) is 0 Å². The van der Waals surface area contributed by atoms with Gasteiger partial charge in [-0.3, -0.25) is 4.99 Å². The van der Waals surface area contributed by atoms with E-state index in [0.717, 1.165) is 23.3 Å². The smallest absolute Gasteiger partial charge is 0.0648 e. The highest BCUT2D eigenvalue weighted by atomic mass is 15.0. The molecule has 5 aromatic carbocycles. The molecule has 2 heterocycles. The van der Waals surface area contributed by atoms with Crippen LogP contribution in [0, 0.1) is 0 Å². The summed E-state index contributed by atoms with van der Waals surface area (Å²) in [5.74, 6) is 0. The minimum absolute atomic E-state index is 0.603. The fraction of sp³-hybridized carbons (Fsp3) is 0.0455. The molecule has 0 spiro atoms. The maximum atomic E-state index is 5.00. The zero-order valence-corrected chi connectivity index (χ0v) is 25.9. The normalized spacial score (nSPS) is 14.0. The van der Waals surface area contributed by atoms with Crippen LogP contribution in [0.15, 0.2) is 163 Å². The Morgan fingerprint density at radius 2 is 1.53 bits per heavy atom. The van der Waals surface area contributed by atoms with Crippen LogP contribution in [-0.4, -0.2) is 15.3 Å². The molecule has 0 saturated heterocycles. The number of hydrogen-bond acceptors (Lipinski definition) is 1. The van der Waals surface area contributed by atoms with E-state index in [9.17, 15) is 0 Å². The predicted molar refractivity (Wildman–Crippen MR) is 200 cm³/mol. The summed E-state index contributed by atoms with van der Waals surface area (Å²) in [6.45, 7) is 4.53. The lowest BCUT2D eigenvalue weighted by Gasteiger charge is -2.14. The van der Waals surface area contributed by atoms with Gasteiger partial charge in [0.05, 0.1) is 40.0 Å². The Labute approximate surface area is 273 Å². The molecular formula is C44H31N3. The summed E-state index contributed by atoms with van der Waals surface area (Å²) in [6.07, 6.45) is 17.2. The van der Waals surface area contributed by atoms with Crippen LogP contribution < -0.4 is 0 Å². The van der Waals surface area contributed by atoms with E-state index in [1.165, 1.54) is 65.9 Å². The van der Waals surface area contributed by atoms with Gasteiger partial charge in [0.1, 0.15) is 0 Å². The van der Waals surface area contributed by atoms with Crippen molar-refractivity contribution in [1.82, 2.24) is 9.13 Å². The largest absolute Gasteiger partial charge is 0.308 e. The first kappa shape index (κ1) is 27.2. The van der Waals surface area contributed by atoms with Gasteiger partial charge < -0.3 is 9.13 Å². The van der Waals surface area contributed by atoms with Crippen LogP contribution in [-0.2, 0) is 13.0 Å². The molecule has 3 nitrogen and oxygen atoms in total. The van der Waals surface area contributed by atoms with Crippen LogP contribution in [0.5, 0.6) is 0 Å². The van der Waals surface area contributed by atoms with Gasteiger partial charge in [-0.25, -0.2) is 0 Å². The fourth-order valence-corrected chi connectivity index (χ4v) is 7.57. The molecule has 0 aliphatic heterocycles. The van der Waals surface area contributed by atoms with Gasteiger partial charge in [-0.1, -0.05) is 116 Å². The number of aliphatic imine (C=N–C) groups is 1.